The fraction of sp³-hybridized carbons (Fsp3) is 0.278. The Balaban J connectivity index is 1.31. The summed E-state index contributed by atoms with van der Waals surface area (Å²) in [6.07, 6.45) is 16.2. The molecule has 1 atom stereocenters. The van der Waals surface area contributed by atoms with Crippen LogP contribution in [0.15, 0.2) is 115 Å². The van der Waals surface area contributed by atoms with E-state index in [1.54, 1.807) is 12.1 Å². The maximum atomic E-state index is 12.8. The van der Waals surface area contributed by atoms with Crippen LogP contribution >= 0.6 is 0 Å². The maximum Gasteiger partial charge on any atom is 0.307 e. The summed E-state index contributed by atoms with van der Waals surface area (Å²) in [4.78, 5) is 24.6. The number of rotatable bonds is 13. The third-order valence-corrected chi connectivity index (χ3v) is 7.65. The molecular formula is C36H38O3. The van der Waals surface area contributed by atoms with Gasteiger partial charge < -0.3 is 5.11 Å². The van der Waals surface area contributed by atoms with Gasteiger partial charge in [0, 0.05) is 12.0 Å². The van der Waals surface area contributed by atoms with E-state index in [0.717, 1.165) is 29.5 Å². The van der Waals surface area contributed by atoms with E-state index in [-0.39, 0.29) is 12.2 Å². The summed E-state index contributed by atoms with van der Waals surface area (Å²) in [7, 11) is 0. The van der Waals surface area contributed by atoms with Crippen molar-refractivity contribution in [2.75, 3.05) is 0 Å². The molecule has 0 spiro atoms. The fourth-order valence-electron chi connectivity index (χ4n) is 5.39. The van der Waals surface area contributed by atoms with Gasteiger partial charge in [-0.3, -0.25) is 9.59 Å². The van der Waals surface area contributed by atoms with E-state index >= 15 is 0 Å². The van der Waals surface area contributed by atoms with Gasteiger partial charge in [-0.15, -0.1) is 0 Å². The van der Waals surface area contributed by atoms with Crippen molar-refractivity contribution in [2.45, 2.75) is 51.4 Å². The molecule has 0 heterocycles. The quantitative estimate of drug-likeness (QED) is 0.182. The summed E-state index contributed by atoms with van der Waals surface area (Å²) in [5.41, 5.74) is 6.30. The number of allylic oxidation sites excluding steroid dienone is 5. The largest absolute Gasteiger partial charge is 0.481 e. The molecule has 0 bridgehead atoms. The second kappa shape index (κ2) is 14.2. The molecule has 1 saturated carbocycles. The first-order valence-electron chi connectivity index (χ1n) is 14.0. The third kappa shape index (κ3) is 8.25. The van der Waals surface area contributed by atoms with E-state index in [1.165, 1.54) is 36.8 Å². The SMILES string of the molecule is C=C/C=C(/C=C/CCc1ccc(-c2ccc(C(=O)CC(Cc3ccccc3)C(=O)O)cc2)cc1)C1CCCC1. The topological polar surface area (TPSA) is 54.4 Å². The number of carboxylic acids is 1. The predicted octanol–water partition coefficient (Wildman–Crippen LogP) is 8.66. The summed E-state index contributed by atoms with van der Waals surface area (Å²) < 4.78 is 0. The van der Waals surface area contributed by atoms with E-state index in [1.807, 2.05) is 48.5 Å². The number of hydrogen-bond acceptors (Lipinski definition) is 2. The Morgan fingerprint density at radius 3 is 2.13 bits per heavy atom. The van der Waals surface area contributed by atoms with Crippen molar-refractivity contribution in [3.8, 4) is 11.1 Å². The summed E-state index contributed by atoms with van der Waals surface area (Å²) in [5.74, 6) is -1.14. The lowest BCUT2D eigenvalue weighted by atomic mass is 9.91. The minimum Gasteiger partial charge on any atom is -0.481 e. The van der Waals surface area contributed by atoms with Gasteiger partial charge in [-0.05, 0) is 65.8 Å². The van der Waals surface area contributed by atoms with Crippen LogP contribution in [-0.4, -0.2) is 16.9 Å². The van der Waals surface area contributed by atoms with Gasteiger partial charge in [0.05, 0.1) is 5.92 Å². The normalized spacial score (nSPS) is 14.9. The molecule has 3 nitrogen and oxygen atoms in total. The number of carbonyl (C=O) groups excluding carboxylic acids is 1. The highest BCUT2D eigenvalue weighted by molar-refractivity contribution is 5.98. The molecule has 3 heteroatoms. The highest BCUT2D eigenvalue weighted by Gasteiger charge is 2.22. The van der Waals surface area contributed by atoms with Crippen molar-refractivity contribution < 1.29 is 14.7 Å². The van der Waals surface area contributed by atoms with Crippen molar-refractivity contribution >= 4 is 11.8 Å². The van der Waals surface area contributed by atoms with Gasteiger partial charge in [0.2, 0.25) is 0 Å². The average Bonchev–Trinajstić information content (AvgIpc) is 3.50. The first-order chi connectivity index (χ1) is 19.0. The Morgan fingerprint density at radius 1 is 0.872 bits per heavy atom. The highest BCUT2D eigenvalue weighted by Crippen LogP contribution is 2.32. The van der Waals surface area contributed by atoms with Crippen LogP contribution in [0, 0.1) is 11.8 Å². The second-order valence-corrected chi connectivity index (χ2v) is 10.5. The minimum absolute atomic E-state index is 0.0156. The molecule has 1 N–H and O–H groups in total. The molecule has 1 fully saturated rings. The fourth-order valence-corrected chi connectivity index (χ4v) is 5.39. The van der Waals surface area contributed by atoms with Crippen LogP contribution in [0.25, 0.3) is 11.1 Å². The molecule has 0 radical (unpaired) electrons. The first kappa shape index (κ1) is 28.0. The highest BCUT2D eigenvalue weighted by atomic mass is 16.4. The van der Waals surface area contributed by atoms with Gasteiger partial charge in [-0.25, -0.2) is 0 Å². The number of ketones is 1. The molecule has 1 aliphatic carbocycles. The van der Waals surface area contributed by atoms with Crippen LogP contribution in [0.1, 0.15) is 60.0 Å². The smallest absolute Gasteiger partial charge is 0.307 e. The minimum atomic E-state index is -0.943. The monoisotopic (exact) mass is 518 g/mol. The van der Waals surface area contributed by atoms with Gasteiger partial charge in [0.1, 0.15) is 0 Å². The summed E-state index contributed by atoms with van der Waals surface area (Å²) >= 11 is 0. The lowest BCUT2D eigenvalue weighted by molar-refractivity contribution is -0.141. The number of carboxylic acid groups (broad SMARTS) is 1. The zero-order valence-corrected chi connectivity index (χ0v) is 22.6. The Labute approximate surface area is 232 Å². The molecule has 0 saturated heterocycles. The first-order valence-corrected chi connectivity index (χ1v) is 14.0. The zero-order valence-electron chi connectivity index (χ0n) is 22.6. The van der Waals surface area contributed by atoms with Crippen LogP contribution < -0.4 is 0 Å². The molecule has 4 rings (SSSR count). The molecule has 0 aliphatic heterocycles. The number of carbonyl (C=O) groups is 2. The number of aliphatic carboxylic acids is 1. The Morgan fingerprint density at radius 2 is 1.51 bits per heavy atom. The number of aryl methyl sites for hydroxylation is 1. The average molecular weight is 519 g/mol. The van der Waals surface area contributed by atoms with Crippen molar-refractivity contribution in [1.29, 1.82) is 0 Å². The molecule has 39 heavy (non-hydrogen) atoms. The van der Waals surface area contributed by atoms with E-state index in [2.05, 4.69) is 49.1 Å². The van der Waals surface area contributed by atoms with Crippen molar-refractivity contribution in [3.05, 3.63) is 132 Å². The van der Waals surface area contributed by atoms with Gasteiger partial charge in [0.25, 0.3) is 0 Å². The molecule has 1 unspecified atom stereocenters. The van der Waals surface area contributed by atoms with Crippen LogP contribution in [0.5, 0.6) is 0 Å². The van der Waals surface area contributed by atoms with Gasteiger partial charge >= 0.3 is 5.97 Å². The van der Waals surface area contributed by atoms with Crippen LogP contribution in [-0.2, 0) is 17.6 Å². The molecule has 0 amide bonds. The third-order valence-electron chi connectivity index (χ3n) is 7.65. The summed E-state index contributed by atoms with van der Waals surface area (Å²) in [6, 6.07) is 25.5. The van der Waals surface area contributed by atoms with Gasteiger partial charge in [0.15, 0.2) is 5.78 Å². The Hall–Kier alpha value is -3.98. The summed E-state index contributed by atoms with van der Waals surface area (Å²) in [5, 5.41) is 9.64. The van der Waals surface area contributed by atoms with E-state index < -0.39 is 11.9 Å². The standard InChI is InChI=1S/C36H38O3/c1-2-10-29(30-15-8-9-16-30)14-7-6-11-27-17-19-31(20-18-27)32-21-23-33(24-22-32)35(37)26-34(36(38)39)25-28-12-4-3-5-13-28/h2-5,7,10,12-14,17-24,30,34H,1,6,8-9,11,15-16,25-26H2,(H,38,39)/b14-7+,29-10-. The van der Waals surface area contributed by atoms with Crippen LogP contribution in [0.3, 0.4) is 0 Å². The second-order valence-electron chi connectivity index (χ2n) is 10.5. The van der Waals surface area contributed by atoms with Gasteiger partial charge in [-0.1, -0.05) is 123 Å². The van der Waals surface area contributed by atoms with Crippen LogP contribution in [0.2, 0.25) is 0 Å². The van der Waals surface area contributed by atoms with Crippen molar-refractivity contribution in [2.24, 2.45) is 11.8 Å². The van der Waals surface area contributed by atoms with Gasteiger partial charge in [-0.2, -0.15) is 0 Å². The Kier molecular flexibility index (Phi) is 10.2. The molecule has 3 aromatic rings. The van der Waals surface area contributed by atoms with E-state index in [9.17, 15) is 14.7 Å². The predicted molar refractivity (Wildman–Crippen MR) is 160 cm³/mol. The molecule has 200 valence electrons. The number of hydrogen-bond donors (Lipinski definition) is 1. The van der Waals surface area contributed by atoms with Crippen molar-refractivity contribution in [3.63, 3.8) is 0 Å². The number of Topliss-reactive ketones (excluding diaryl/α,β-unsaturated/α-hetero) is 1. The van der Waals surface area contributed by atoms with E-state index in [4.69, 9.17) is 0 Å². The van der Waals surface area contributed by atoms with Crippen molar-refractivity contribution in [1.82, 2.24) is 0 Å². The Bertz CT molecular complexity index is 1290. The lowest BCUT2D eigenvalue weighted by Crippen LogP contribution is -2.20. The molecule has 0 aromatic heterocycles. The summed E-state index contributed by atoms with van der Waals surface area (Å²) in [6.45, 7) is 3.88. The molecule has 1 aliphatic rings. The number of benzene rings is 3. The van der Waals surface area contributed by atoms with Crippen LogP contribution in [0.4, 0.5) is 0 Å². The lowest BCUT2D eigenvalue weighted by Gasteiger charge is -2.12. The molecular weight excluding hydrogens is 480 g/mol. The zero-order chi connectivity index (χ0) is 27.5. The maximum absolute atomic E-state index is 12.8. The van der Waals surface area contributed by atoms with E-state index in [0.29, 0.717) is 17.9 Å². The molecule has 3 aromatic carbocycles.